The van der Waals surface area contributed by atoms with E-state index >= 15 is 0 Å². The van der Waals surface area contributed by atoms with Crippen molar-refractivity contribution in [3.8, 4) is 28.6 Å². The van der Waals surface area contributed by atoms with Gasteiger partial charge in [0.15, 0.2) is 11.6 Å². The molecule has 1 aromatic heterocycles. The molecule has 0 saturated carbocycles. The molecule has 4 rings (SSSR count). The Morgan fingerprint density at radius 3 is 2.43 bits per heavy atom. The van der Waals surface area contributed by atoms with E-state index < -0.39 is 22.1 Å². The monoisotopic (exact) mass is 572 g/mol. The second-order valence-corrected chi connectivity index (χ2v) is 9.76. The maximum Gasteiger partial charge on any atom is 0.316 e. The number of hydrogen-bond acceptors (Lipinski definition) is 9. The lowest BCUT2D eigenvalue weighted by Gasteiger charge is -2.18. The lowest BCUT2D eigenvalue weighted by atomic mass is 9.96. The predicted octanol–water partition coefficient (Wildman–Crippen LogP) is 6.01. The number of aromatic nitrogens is 2. The molecule has 0 bridgehead atoms. The number of nitrogens with zero attached hydrogens (tertiary/aromatic N) is 4. The van der Waals surface area contributed by atoms with Crippen LogP contribution in [0.3, 0.4) is 0 Å². The van der Waals surface area contributed by atoms with E-state index in [0.29, 0.717) is 28.9 Å². The van der Waals surface area contributed by atoms with E-state index in [1.807, 2.05) is 26.0 Å². The van der Waals surface area contributed by atoms with Gasteiger partial charge in [-0.15, -0.1) is 0 Å². The van der Waals surface area contributed by atoms with Gasteiger partial charge in [0.1, 0.15) is 5.75 Å². The quantitative estimate of drug-likeness (QED) is 0.0741. The van der Waals surface area contributed by atoms with Crippen molar-refractivity contribution in [3.63, 3.8) is 0 Å². The molecule has 218 valence electrons. The molecule has 4 aromatic rings. The molecule has 0 aliphatic carbocycles. The van der Waals surface area contributed by atoms with Crippen LogP contribution in [0.2, 0.25) is 0 Å². The van der Waals surface area contributed by atoms with Crippen molar-refractivity contribution in [2.45, 2.75) is 47.5 Å². The molecule has 0 saturated heterocycles. The summed E-state index contributed by atoms with van der Waals surface area (Å²) in [5.41, 5.74) is 2.32. The van der Waals surface area contributed by atoms with Crippen molar-refractivity contribution in [2.24, 2.45) is 5.10 Å². The number of para-hydroxylation sites is 1. The van der Waals surface area contributed by atoms with Crippen LogP contribution in [0.5, 0.6) is 17.2 Å². The molecule has 0 aliphatic rings. The zero-order chi connectivity index (χ0) is 30.6. The van der Waals surface area contributed by atoms with Gasteiger partial charge in [-0.2, -0.15) is 9.78 Å². The van der Waals surface area contributed by atoms with E-state index in [-0.39, 0.29) is 29.6 Å². The number of hydrogen-bond donors (Lipinski definition) is 0. The Morgan fingerprint density at radius 2 is 1.79 bits per heavy atom. The third kappa shape index (κ3) is 6.14. The fourth-order valence-corrected chi connectivity index (χ4v) is 4.53. The molecule has 0 aliphatic heterocycles. The first-order valence-electron chi connectivity index (χ1n) is 13.5. The Morgan fingerprint density at radius 1 is 1.10 bits per heavy atom. The van der Waals surface area contributed by atoms with E-state index in [4.69, 9.17) is 19.2 Å². The van der Waals surface area contributed by atoms with Crippen LogP contribution in [0.1, 0.15) is 57.2 Å². The van der Waals surface area contributed by atoms with Gasteiger partial charge in [-0.1, -0.05) is 26.0 Å². The van der Waals surface area contributed by atoms with Crippen LogP contribution in [0.15, 0.2) is 58.4 Å². The number of rotatable bonds is 10. The van der Waals surface area contributed by atoms with Crippen LogP contribution in [-0.4, -0.2) is 40.0 Å². The SMILES string of the molecule is CCOc1cc(C)c(-c2nc3ccccc3c(=O)n2N=Cc2cc(OCC)c(OC(C)=O)c([N+](=O)[O-])c2)cc1C(C)C. The number of esters is 1. The Labute approximate surface area is 242 Å². The van der Waals surface area contributed by atoms with Crippen LogP contribution in [0.25, 0.3) is 22.3 Å². The van der Waals surface area contributed by atoms with Crippen molar-refractivity contribution in [1.29, 1.82) is 0 Å². The van der Waals surface area contributed by atoms with Crippen molar-refractivity contribution < 1.29 is 23.9 Å². The number of ether oxygens (including phenoxy) is 3. The first-order chi connectivity index (χ1) is 20.0. The van der Waals surface area contributed by atoms with Crippen molar-refractivity contribution >= 4 is 28.8 Å². The van der Waals surface area contributed by atoms with Crippen LogP contribution in [0.4, 0.5) is 5.69 Å². The minimum atomic E-state index is -0.731. The summed E-state index contributed by atoms with van der Waals surface area (Å²) in [6, 6.07) is 13.5. The van der Waals surface area contributed by atoms with E-state index in [9.17, 15) is 19.7 Å². The molecule has 0 spiro atoms. The molecule has 1 heterocycles. The molecule has 0 fully saturated rings. The minimum Gasteiger partial charge on any atom is -0.494 e. The highest BCUT2D eigenvalue weighted by Crippen LogP contribution is 2.39. The van der Waals surface area contributed by atoms with E-state index in [0.717, 1.165) is 23.8 Å². The third-order valence-electron chi connectivity index (χ3n) is 6.40. The van der Waals surface area contributed by atoms with Gasteiger partial charge in [-0.25, -0.2) is 4.98 Å². The molecular weight excluding hydrogens is 540 g/mol. The number of nitro benzene ring substituents is 1. The summed E-state index contributed by atoms with van der Waals surface area (Å²) < 4.78 is 17.7. The molecular formula is C31H32N4O7. The van der Waals surface area contributed by atoms with Crippen LogP contribution < -0.4 is 19.8 Å². The number of benzene rings is 3. The average molecular weight is 573 g/mol. The standard InChI is InChI=1S/C31H32N4O7/c1-7-40-27-13-19(5)24(16-23(27)18(3)4)30-33-25-12-10-9-11-22(25)31(37)34(30)32-17-21-14-26(35(38)39)29(42-20(6)36)28(15-21)41-8-2/h9-18H,7-8H2,1-6H3. The molecule has 0 N–H and O–H groups in total. The largest absolute Gasteiger partial charge is 0.494 e. The predicted molar refractivity (Wildman–Crippen MR) is 160 cm³/mol. The summed E-state index contributed by atoms with van der Waals surface area (Å²) in [6.45, 7) is 11.4. The van der Waals surface area contributed by atoms with Gasteiger partial charge in [-0.3, -0.25) is 19.7 Å². The molecule has 11 nitrogen and oxygen atoms in total. The number of nitro groups is 1. The fourth-order valence-electron chi connectivity index (χ4n) is 4.53. The molecule has 42 heavy (non-hydrogen) atoms. The number of carbonyl (C=O) groups is 1. The van der Waals surface area contributed by atoms with Crippen LogP contribution in [-0.2, 0) is 4.79 Å². The highest BCUT2D eigenvalue weighted by molar-refractivity contribution is 5.85. The summed E-state index contributed by atoms with van der Waals surface area (Å²) in [5.74, 6) is 0.150. The number of fused-ring (bicyclic) bond motifs is 1. The van der Waals surface area contributed by atoms with Gasteiger partial charge in [0.2, 0.25) is 5.75 Å². The molecule has 0 unspecified atom stereocenters. The molecule has 11 heteroatoms. The van der Waals surface area contributed by atoms with E-state index in [2.05, 4.69) is 18.9 Å². The fraction of sp³-hybridized carbons (Fsp3) is 0.290. The first kappa shape index (κ1) is 29.9. The normalized spacial score (nSPS) is 11.3. The maximum absolute atomic E-state index is 13.8. The first-order valence-corrected chi connectivity index (χ1v) is 13.5. The zero-order valence-electron chi connectivity index (χ0n) is 24.3. The van der Waals surface area contributed by atoms with Gasteiger partial charge in [0.05, 0.1) is 35.3 Å². The lowest BCUT2D eigenvalue weighted by Crippen LogP contribution is -2.21. The number of carbonyl (C=O) groups excluding carboxylic acids is 1. The molecule has 0 radical (unpaired) electrons. The molecule has 0 amide bonds. The number of aryl methyl sites for hydroxylation is 1. The summed E-state index contributed by atoms with van der Waals surface area (Å²) >= 11 is 0. The maximum atomic E-state index is 13.8. The van der Waals surface area contributed by atoms with Crippen LogP contribution in [0, 0.1) is 17.0 Å². The van der Waals surface area contributed by atoms with Crippen molar-refractivity contribution in [1.82, 2.24) is 9.66 Å². The summed E-state index contributed by atoms with van der Waals surface area (Å²) in [6.07, 6.45) is 1.31. The van der Waals surface area contributed by atoms with Crippen LogP contribution >= 0.6 is 0 Å². The molecule has 3 aromatic carbocycles. The van der Waals surface area contributed by atoms with Gasteiger partial charge in [0.25, 0.3) is 5.56 Å². The summed E-state index contributed by atoms with van der Waals surface area (Å²) in [7, 11) is 0. The highest BCUT2D eigenvalue weighted by Gasteiger charge is 2.24. The van der Waals surface area contributed by atoms with Crippen molar-refractivity contribution in [2.75, 3.05) is 13.2 Å². The molecule has 0 atom stereocenters. The van der Waals surface area contributed by atoms with Gasteiger partial charge < -0.3 is 14.2 Å². The Hall–Kier alpha value is -5.06. The van der Waals surface area contributed by atoms with E-state index in [1.165, 1.54) is 23.0 Å². The van der Waals surface area contributed by atoms with E-state index in [1.54, 1.807) is 31.2 Å². The van der Waals surface area contributed by atoms with Gasteiger partial charge >= 0.3 is 11.7 Å². The Kier molecular flexibility index (Phi) is 8.99. The second-order valence-electron chi connectivity index (χ2n) is 9.76. The lowest BCUT2D eigenvalue weighted by molar-refractivity contribution is -0.385. The topological polar surface area (TPSA) is 135 Å². The highest BCUT2D eigenvalue weighted by atomic mass is 16.6. The summed E-state index contributed by atoms with van der Waals surface area (Å²) in [5, 5.41) is 16.7. The second kappa shape index (κ2) is 12.6. The summed E-state index contributed by atoms with van der Waals surface area (Å²) in [4.78, 5) is 41.4. The zero-order valence-corrected chi connectivity index (χ0v) is 24.3. The Bertz CT molecular complexity index is 1760. The Balaban J connectivity index is 1.97. The smallest absolute Gasteiger partial charge is 0.316 e. The average Bonchev–Trinajstić information content (AvgIpc) is 2.93. The minimum absolute atomic E-state index is 0.00325. The van der Waals surface area contributed by atoms with Gasteiger partial charge in [0, 0.05) is 24.1 Å². The third-order valence-corrected chi connectivity index (χ3v) is 6.40. The van der Waals surface area contributed by atoms with Crippen molar-refractivity contribution in [3.05, 3.63) is 85.7 Å². The van der Waals surface area contributed by atoms with Gasteiger partial charge in [-0.05, 0) is 68.1 Å².